The fourth-order valence-corrected chi connectivity index (χ4v) is 2.58. The molecule has 0 aromatic heterocycles. The summed E-state index contributed by atoms with van der Waals surface area (Å²) in [6, 6.07) is 23.1. The van der Waals surface area contributed by atoms with Crippen molar-refractivity contribution >= 4 is 23.7 Å². The van der Waals surface area contributed by atoms with Gasteiger partial charge in [0.2, 0.25) is 0 Å². The average molecular weight is 331 g/mol. The highest BCUT2D eigenvalue weighted by Gasteiger charge is 2.35. The summed E-state index contributed by atoms with van der Waals surface area (Å²) < 4.78 is 5.82. The fourth-order valence-electron chi connectivity index (χ4n) is 2.58. The summed E-state index contributed by atoms with van der Waals surface area (Å²) >= 11 is 0. The van der Waals surface area contributed by atoms with Gasteiger partial charge in [0.05, 0.1) is 11.2 Å². The van der Waals surface area contributed by atoms with Crippen molar-refractivity contribution in [3.63, 3.8) is 0 Å². The van der Waals surface area contributed by atoms with E-state index in [1.807, 2.05) is 26.0 Å². The molecule has 25 heavy (non-hydrogen) atoms. The molecule has 0 unspecified atom stereocenters. The zero-order chi connectivity index (χ0) is 18.1. The third-order valence-corrected chi connectivity index (χ3v) is 4.97. The molecule has 0 spiro atoms. The molecule has 127 valence electrons. The minimum atomic E-state index is -0.924. The first-order valence-electron chi connectivity index (χ1n) is 8.59. The summed E-state index contributed by atoms with van der Waals surface area (Å²) in [4.78, 5) is 0. The Morgan fingerprint density at radius 3 is 2.12 bits per heavy atom. The summed E-state index contributed by atoms with van der Waals surface area (Å²) in [7, 11) is 1.71. The number of benzene rings is 3. The number of aliphatic hydroxyl groups is 1. The van der Waals surface area contributed by atoms with Gasteiger partial charge in [-0.2, -0.15) is 0 Å². The molecule has 3 aromatic rings. The fraction of sp³-hybridized carbons (Fsp3) is 0.273. The molecule has 3 aromatic carbocycles. The number of hydrogen-bond acceptors (Lipinski definition) is 2. The Morgan fingerprint density at radius 1 is 0.800 bits per heavy atom. The first-order valence-corrected chi connectivity index (χ1v) is 8.59. The van der Waals surface area contributed by atoms with Gasteiger partial charge in [-0.15, -0.1) is 0 Å². The molecule has 0 fully saturated rings. The van der Waals surface area contributed by atoms with Crippen molar-refractivity contribution < 1.29 is 9.76 Å². The Hall–Kier alpha value is -2.10. The van der Waals surface area contributed by atoms with Crippen LogP contribution in [0.3, 0.4) is 0 Å². The Kier molecular flexibility index (Phi) is 4.72. The molecule has 0 aliphatic heterocycles. The predicted octanol–water partition coefficient (Wildman–Crippen LogP) is 4.32. The molecule has 0 heterocycles. The summed E-state index contributed by atoms with van der Waals surface area (Å²) in [6.07, 6.45) is 0. The second-order valence-electron chi connectivity index (χ2n) is 7.45. The van der Waals surface area contributed by atoms with Crippen LogP contribution in [-0.2, 0) is 4.65 Å². The molecular weight excluding hydrogens is 307 g/mol. The summed E-state index contributed by atoms with van der Waals surface area (Å²) in [6.45, 7) is 7.27. The molecule has 0 atom stereocenters. The zero-order valence-corrected chi connectivity index (χ0v) is 15.3. The van der Waals surface area contributed by atoms with Crippen molar-refractivity contribution in [3.05, 3.63) is 66.7 Å². The van der Waals surface area contributed by atoms with E-state index < -0.39 is 11.2 Å². The van der Waals surface area contributed by atoms with Gasteiger partial charge in [0.15, 0.2) is 0 Å². The van der Waals surface area contributed by atoms with Gasteiger partial charge in [-0.1, -0.05) is 72.2 Å². The second kappa shape index (κ2) is 6.66. The van der Waals surface area contributed by atoms with Gasteiger partial charge < -0.3 is 9.76 Å². The first kappa shape index (κ1) is 17.7. The molecule has 0 saturated carbocycles. The third kappa shape index (κ3) is 3.78. The van der Waals surface area contributed by atoms with E-state index in [4.69, 9.17) is 4.65 Å². The lowest BCUT2D eigenvalue weighted by molar-refractivity contribution is -0.0893. The minimum absolute atomic E-state index is 0.665. The molecule has 3 heteroatoms. The quantitative estimate of drug-likeness (QED) is 0.706. The van der Waals surface area contributed by atoms with E-state index >= 15 is 0 Å². The Bertz CT molecular complexity index is 856. The van der Waals surface area contributed by atoms with Crippen LogP contribution >= 0.6 is 0 Å². The zero-order valence-electron chi connectivity index (χ0n) is 15.3. The van der Waals surface area contributed by atoms with Crippen LogP contribution in [0.25, 0.3) is 21.9 Å². The van der Waals surface area contributed by atoms with E-state index in [-0.39, 0.29) is 0 Å². The summed E-state index contributed by atoms with van der Waals surface area (Å²) in [5.74, 6) is 0. The van der Waals surface area contributed by atoms with Gasteiger partial charge >= 0.3 is 7.48 Å². The molecule has 1 radical (unpaired) electrons. The molecule has 0 aliphatic carbocycles. The molecule has 0 amide bonds. The van der Waals surface area contributed by atoms with E-state index in [9.17, 15) is 5.11 Å². The van der Waals surface area contributed by atoms with Crippen LogP contribution in [0.5, 0.6) is 0 Å². The van der Waals surface area contributed by atoms with Crippen LogP contribution in [0.15, 0.2) is 66.7 Å². The minimum Gasteiger partial charge on any atom is -0.427 e. The summed E-state index contributed by atoms with van der Waals surface area (Å²) in [5.41, 5.74) is 1.78. The van der Waals surface area contributed by atoms with Crippen molar-refractivity contribution in [2.75, 3.05) is 0 Å². The molecule has 3 rings (SSSR count). The lowest BCUT2D eigenvalue weighted by Crippen LogP contribution is -2.49. The largest absolute Gasteiger partial charge is 0.427 e. The first-order chi connectivity index (χ1) is 11.8. The Labute approximate surface area is 150 Å². The Morgan fingerprint density at radius 2 is 1.44 bits per heavy atom. The molecule has 2 nitrogen and oxygen atoms in total. The smallest absolute Gasteiger partial charge is 0.330 e. The maximum absolute atomic E-state index is 10.2. The van der Waals surface area contributed by atoms with Crippen LogP contribution in [0.4, 0.5) is 0 Å². The lowest BCUT2D eigenvalue weighted by atomic mass is 9.82. The van der Waals surface area contributed by atoms with Crippen LogP contribution < -0.4 is 5.46 Å². The van der Waals surface area contributed by atoms with Crippen molar-refractivity contribution in [1.82, 2.24) is 0 Å². The van der Waals surface area contributed by atoms with Crippen LogP contribution in [0.1, 0.15) is 27.7 Å². The third-order valence-electron chi connectivity index (χ3n) is 4.97. The standard InChI is InChI=1S/C22H24BO2/c1-21(2,24)22(3,4)25-23-18-14-12-17(13-15-18)20-11-7-9-16-8-5-6-10-19(16)20/h5-15,24H,1-4H3. The molecule has 0 aliphatic rings. The van der Waals surface area contributed by atoms with Crippen molar-refractivity contribution in [1.29, 1.82) is 0 Å². The predicted molar refractivity (Wildman–Crippen MR) is 106 cm³/mol. The van der Waals surface area contributed by atoms with Crippen LogP contribution in [0.2, 0.25) is 0 Å². The van der Waals surface area contributed by atoms with Gasteiger partial charge in [0.25, 0.3) is 0 Å². The average Bonchev–Trinajstić information content (AvgIpc) is 2.59. The van der Waals surface area contributed by atoms with E-state index in [0.29, 0.717) is 0 Å². The van der Waals surface area contributed by atoms with Gasteiger partial charge in [-0.3, -0.25) is 0 Å². The topological polar surface area (TPSA) is 29.5 Å². The van der Waals surface area contributed by atoms with Crippen LogP contribution in [-0.4, -0.2) is 23.8 Å². The number of hydrogen-bond donors (Lipinski definition) is 1. The molecule has 0 saturated heterocycles. The highest BCUT2D eigenvalue weighted by Crippen LogP contribution is 2.28. The van der Waals surface area contributed by atoms with Gasteiger partial charge in [0.1, 0.15) is 0 Å². The Balaban J connectivity index is 1.81. The van der Waals surface area contributed by atoms with Crippen molar-refractivity contribution in [2.45, 2.75) is 38.9 Å². The second-order valence-corrected chi connectivity index (χ2v) is 7.45. The SMILES string of the molecule is CC(C)(O)C(C)(C)O[B]c1ccc(-c2cccc3ccccc23)cc1. The monoisotopic (exact) mass is 331 g/mol. The van der Waals surface area contributed by atoms with E-state index in [0.717, 1.165) is 5.46 Å². The lowest BCUT2D eigenvalue weighted by Gasteiger charge is -2.37. The van der Waals surface area contributed by atoms with E-state index in [1.54, 1.807) is 21.3 Å². The molecule has 0 bridgehead atoms. The molecule has 1 N–H and O–H groups in total. The van der Waals surface area contributed by atoms with Gasteiger partial charge in [-0.25, -0.2) is 0 Å². The van der Waals surface area contributed by atoms with E-state index in [2.05, 4.69) is 54.6 Å². The normalized spacial score (nSPS) is 12.4. The van der Waals surface area contributed by atoms with E-state index in [1.165, 1.54) is 21.9 Å². The van der Waals surface area contributed by atoms with Crippen LogP contribution in [0, 0.1) is 0 Å². The van der Waals surface area contributed by atoms with Crippen molar-refractivity contribution in [2.24, 2.45) is 0 Å². The van der Waals surface area contributed by atoms with Gasteiger partial charge in [-0.05, 0) is 49.6 Å². The number of fused-ring (bicyclic) bond motifs is 1. The van der Waals surface area contributed by atoms with Gasteiger partial charge in [0, 0.05) is 0 Å². The maximum Gasteiger partial charge on any atom is 0.330 e. The van der Waals surface area contributed by atoms with Crippen molar-refractivity contribution in [3.8, 4) is 11.1 Å². The molecular formula is C22H24BO2. The number of rotatable bonds is 5. The maximum atomic E-state index is 10.2. The highest BCUT2D eigenvalue weighted by atomic mass is 16.5. The summed E-state index contributed by atoms with van der Waals surface area (Å²) in [5, 5.41) is 12.7. The highest BCUT2D eigenvalue weighted by molar-refractivity contribution is 6.47.